The Kier molecular flexibility index (Phi) is 10.5. The van der Waals surface area contributed by atoms with Gasteiger partial charge in [0.25, 0.3) is 11.4 Å². The van der Waals surface area contributed by atoms with Crippen molar-refractivity contribution in [1.29, 1.82) is 0 Å². The molecule has 0 saturated heterocycles. The third kappa shape index (κ3) is 8.94. The van der Waals surface area contributed by atoms with E-state index in [0.717, 1.165) is 12.8 Å². The van der Waals surface area contributed by atoms with Gasteiger partial charge in [0.1, 0.15) is 0 Å². The number of nitrogens with one attached hydrogen (secondary N) is 2. The minimum absolute atomic E-state index is 0.100. The lowest BCUT2D eigenvalue weighted by Gasteiger charge is -2.02. The number of carbonyl (C=O) groups is 2. The van der Waals surface area contributed by atoms with Crippen LogP contribution >= 0.6 is 0 Å². The minimum Gasteiger partial charge on any atom is -0.273 e. The molecule has 0 fully saturated rings. The molecule has 0 atom stereocenters. The van der Waals surface area contributed by atoms with Gasteiger partial charge in [-0.2, -0.15) is 10.2 Å². The molecule has 0 saturated carbocycles. The van der Waals surface area contributed by atoms with Crippen LogP contribution < -0.4 is 10.9 Å². The molecule has 0 aromatic heterocycles. The Hall–Kier alpha value is -4.48. The van der Waals surface area contributed by atoms with Crippen molar-refractivity contribution in [2.24, 2.45) is 10.2 Å². The number of benzene rings is 2. The summed E-state index contributed by atoms with van der Waals surface area (Å²) >= 11 is 0. The smallest absolute Gasteiger partial charge is 0.273 e. The maximum atomic E-state index is 11.8. The fraction of sp³-hybridized carbons (Fsp3) is 0.273. The van der Waals surface area contributed by atoms with Gasteiger partial charge in [-0.05, 0) is 25.0 Å². The van der Waals surface area contributed by atoms with Crippen molar-refractivity contribution < 1.29 is 19.4 Å². The summed E-state index contributed by atoms with van der Waals surface area (Å²) in [5.41, 5.74) is 5.06. The summed E-state index contributed by atoms with van der Waals surface area (Å²) in [5, 5.41) is 29.4. The average Bonchev–Trinajstić information content (AvgIpc) is 2.81. The number of carbonyl (C=O) groups excluding carboxylic acids is 2. The molecule has 0 heterocycles. The fourth-order valence-corrected chi connectivity index (χ4v) is 2.91. The lowest BCUT2D eigenvalue weighted by molar-refractivity contribution is -0.385. The number of nitrogens with zero attached hydrogens (tertiary/aromatic N) is 4. The average molecular weight is 468 g/mol. The van der Waals surface area contributed by atoms with E-state index in [9.17, 15) is 29.8 Å². The molecule has 12 nitrogen and oxygen atoms in total. The Morgan fingerprint density at radius 1 is 0.706 bits per heavy atom. The van der Waals surface area contributed by atoms with Gasteiger partial charge in [0.15, 0.2) is 0 Å². The van der Waals surface area contributed by atoms with Gasteiger partial charge in [-0.1, -0.05) is 37.1 Å². The Labute approximate surface area is 195 Å². The van der Waals surface area contributed by atoms with E-state index in [0.29, 0.717) is 12.8 Å². The number of nitro groups is 2. The molecule has 0 spiro atoms. The Morgan fingerprint density at radius 3 is 1.47 bits per heavy atom. The van der Waals surface area contributed by atoms with Gasteiger partial charge >= 0.3 is 0 Å². The maximum Gasteiger partial charge on any atom is 0.278 e. The highest BCUT2D eigenvalue weighted by atomic mass is 16.6. The van der Waals surface area contributed by atoms with Crippen LogP contribution in [0.3, 0.4) is 0 Å². The molecule has 0 aliphatic rings. The molecule has 34 heavy (non-hydrogen) atoms. The van der Waals surface area contributed by atoms with Gasteiger partial charge in [-0.15, -0.1) is 0 Å². The van der Waals surface area contributed by atoms with E-state index in [1.807, 2.05) is 0 Å². The molecule has 2 aromatic rings. The molecule has 2 N–H and O–H groups in total. The van der Waals surface area contributed by atoms with Crippen LogP contribution in [0.2, 0.25) is 0 Å². The number of para-hydroxylation sites is 2. The van der Waals surface area contributed by atoms with Crippen molar-refractivity contribution in [2.45, 2.75) is 38.5 Å². The number of hydrogen-bond donors (Lipinski definition) is 2. The predicted molar refractivity (Wildman–Crippen MR) is 125 cm³/mol. The molecule has 178 valence electrons. The van der Waals surface area contributed by atoms with Crippen LogP contribution in [0.5, 0.6) is 0 Å². The number of hydrazone groups is 2. The van der Waals surface area contributed by atoms with E-state index in [1.165, 1.54) is 36.7 Å². The SMILES string of the molecule is O=C(CCCCCCC(=O)N/N=C/c1ccccc1[N+](=O)[O-])N/N=C/c1ccccc1[N+](=O)[O-]. The van der Waals surface area contributed by atoms with Crippen molar-refractivity contribution in [1.82, 2.24) is 10.9 Å². The van der Waals surface area contributed by atoms with E-state index in [4.69, 9.17) is 0 Å². The zero-order chi connectivity index (χ0) is 24.8. The standard InChI is InChI=1S/C22H24N6O6/c29-21(25-23-15-17-9-5-7-11-19(17)27(31)32)13-3-1-2-4-14-22(30)26-24-16-18-10-6-8-12-20(18)28(33)34/h5-12,15-16H,1-4,13-14H2,(H,25,29)(H,26,30)/b23-15+,24-16+. The summed E-state index contributed by atoms with van der Waals surface area (Å²) < 4.78 is 0. The monoisotopic (exact) mass is 468 g/mol. The first-order valence-electron chi connectivity index (χ1n) is 10.5. The van der Waals surface area contributed by atoms with E-state index >= 15 is 0 Å². The first kappa shape index (κ1) is 25.8. The summed E-state index contributed by atoms with van der Waals surface area (Å²) in [5.74, 6) is -0.617. The second-order valence-corrected chi connectivity index (χ2v) is 7.13. The van der Waals surface area contributed by atoms with Crippen LogP contribution in [-0.2, 0) is 9.59 Å². The number of rotatable bonds is 13. The lowest BCUT2D eigenvalue weighted by atomic mass is 10.1. The van der Waals surface area contributed by atoms with Crippen LogP contribution in [0, 0.1) is 20.2 Å². The second kappa shape index (κ2) is 13.8. The molecule has 12 heteroatoms. The summed E-state index contributed by atoms with van der Waals surface area (Å²) in [6.45, 7) is 0. The van der Waals surface area contributed by atoms with Crippen molar-refractivity contribution in [3.05, 3.63) is 79.9 Å². The van der Waals surface area contributed by atoms with Crippen molar-refractivity contribution in [3.63, 3.8) is 0 Å². The summed E-state index contributed by atoms with van der Waals surface area (Å²) in [7, 11) is 0. The Balaban J connectivity index is 1.59. The quantitative estimate of drug-likeness (QED) is 0.197. The van der Waals surface area contributed by atoms with E-state index in [1.54, 1.807) is 24.3 Å². The molecule has 2 rings (SSSR count). The number of amides is 2. The first-order valence-corrected chi connectivity index (χ1v) is 10.5. The van der Waals surface area contributed by atoms with Crippen molar-refractivity contribution in [2.75, 3.05) is 0 Å². The van der Waals surface area contributed by atoms with Crippen LogP contribution in [0.15, 0.2) is 58.7 Å². The van der Waals surface area contributed by atoms with Crippen LogP contribution in [0.25, 0.3) is 0 Å². The minimum atomic E-state index is -0.523. The van der Waals surface area contributed by atoms with Crippen molar-refractivity contribution in [3.8, 4) is 0 Å². The number of nitro benzene ring substituents is 2. The van der Waals surface area contributed by atoms with Gasteiger partial charge in [-0.3, -0.25) is 29.8 Å². The van der Waals surface area contributed by atoms with Gasteiger partial charge < -0.3 is 0 Å². The van der Waals surface area contributed by atoms with Gasteiger partial charge in [-0.25, -0.2) is 10.9 Å². The lowest BCUT2D eigenvalue weighted by Crippen LogP contribution is -2.17. The molecule has 2 aromatic carbocycles. The molecule has 0 radical (unpaired) electrons. The molecule has 0 bridgehead atoms. The number of hydrogen-bond acceptors (Lipinski definition) is 8. The van der Waals surface area contributed by atoms with Gasteiger partial charge in [0.05, 0.1) is 33.4 Å². The summed E-state index contributed by atoms with van der Waals surface area (Å²) in [6.07, 6.45) is 5.60. The van der Waals surface area contributed by atoms with Crippen LogP contribution in [0.4, 0.5) is 11.4 Å². The van der Waals surface area contributed by atoms with E-state index in [2.05, 4.69) is 21.1 Å². The molecular formula is C22H24N6O6. The topological polar surface area (TPSA) is 169 Å². The van der Waals surface area contributed by atoms with E-state index < -0.39 is 9.85 Å². The molecular weight excluding hydrogens is 444 g/mol. The highest BCUT2D eigenvalue weighted by Gasteiger charge is 2.11. The summed E-state index contributed by atoms with van der Waals surface area (Å²) in [4.78, 5) is 44.5. The Bertz CT molecular complexity index is 1000. The maximum absolute atomic E-state index is 11.8. The zero-order valence-corrected chi connectivity index (χ0v) is 18.3. The van der Waals surface area contributed by atoms with E-state index in [-0.39, 0.29) is 47.2 Å². The fourth-order valence-electron chi connectivity index (χ4n) is 2.91. The van der Waals surface area contributed by atoms with Crippen LogP contribution in [-0.4, -0.2) is 34.1 Å². The normalized spacial score (nSPS) is 10.9. The third-order valence-corrected chi connectivity index (χ3v) is 4.61. The molecule has 0 aliphatic carbocycles. The van der Waals surface area contributed by atoms with Gasteiger partial charge in [0.2, 0.25) is 11.8 Å². The zero-order valence-electron chi connectivity index (χ0n) is 18.3. The van der Waals surface area contributed by atoms with Crippen LogP contribution in [0.1, 0.15) is 49.7 Å². The second-order valence-electron chi connectivity index (χ2n) is 7.13. The highest BCUT2D eigenvalue weighted by molar-refractivity contribution is 5.87. The Morgan fingerprint density at radius 2 is 1.09 bits per heavy atom. The van der Waals surface area contributed by atoms with Gasteiger partial charge in [0, 0.05) is 25.0 Å². The molecule has 0 aliphatic heterocycles. The number of unbranched alkanes of at least 4 members (excludes halogenated alkanes) is 3. The first-order chi connectivity index (χ1) is 16.4. The van der Waals surface area contributed by atoms with Crippen molar-refractivity contribution >= 4 is 35.6 Å². The summed E-state index contributed by atoms with van der Waals surface area (Å²) in [6, 6.07) is 12.1. The highest BCUT2D eigenvalue weighted by Crippen LogP contribution is 2.16. The largest absolute Gasteiger partial charge is 0.278 e. The molecule has 0 unspecified atom stereocenters. The molecule has 2 amide bonds. The third-order valence-electron chi connectivity index (χ3n) is 4.61. The predicted octanol–water partition coefficient (Wildman–Crippen LogP) is 3.44.